The average molecular weight is 353 g/mol. The predicted molar refractivity (Wildman–Crippen MR) is 98.7 cm³/mol. The Morgan fingerprint density at radius 2 is 2.04 bits per heavy atom. The van der Waals surface area contributed by atoms with Gasteiger partial charge in [-0.15, -0.1) is 0 Å². The van der Waals surface area contributed by atoms with Gasteiger partial charge >= 0.3 is 0 Å². The number of aromatic nitrogens is 1. The van der Waals surface area contributed by atoms with Gasteiger partial charge in [-0.25, -0.2) is 5.43 Å². The average Bonchev–Trinajstić information content (AvgIpc) is 3.07. The van der Waals surface area contributed by atoms with Gasteiger partial charge in [-0.1, -0.05) is 12.5 Å². The van der Waals surface area contributed by atoms with Gasteiger partial charge in [-0.3, -0.25) is 14.8 Å². The van der Waals surface area contributed by atoms with Gasteiger partial charge in [-0.2, -0.15) is 0 Å². The standard InChI is InChI=1S/C20H27N5O/c26-18-11-17(13-6-9-21-10-7-13)25-20(23-18)19-15(4-1-5-16(19)24-25)14-3-2-8-22-12-14/h2-3,8,11-13,15-16,19-21,24H,1,4-7,9-10H2,(H,23,26). The van der Waals surface area contributed by atoms with E-state index in [-0.39, 0.29) is 12.1 Å². The van der Waals surface area contributed by atoms with Crippen LogP contribution >= 0.6 is 0 Å². The summed E-state index contributed by atoms with van der Waals surface area (Å²) in [5.41, 5.74) is 6.27. The molecule has 4 unspecified atom stereocenters. The lowest BCUT2D eigenvalue weighted by molar-refractivity contribution is -0.120. The third kappa shape index (κ3) is 2.72. The zero-order valence-electron chi connectivity index (χ0n) is 15.0. The number of hydrazine groups is 1. The molecule has 0 radical (unpaired) electrons. The fraction of sp³-hybridized carbons (Fsp3) is 0.600. The molecule has 1 aromatic heterocycles. The highest BCUT2D eigenvalue weighted by molar-refractivity contribution is 5.89. The van der Waals surface area contributed by atoms with Gasteiger partial charge in [0.15, 0.2) is 0 Å². The van der Waals surface area contributed by atoms with E-state index in [0.717, 1.165) is 25.9 Å². The molecule has 1 aromatic rings. The predicted octanol–water partition coefficient (Wildman–Crippen LogP) is 1.49. The van der Waals surface area contributed by atoms with Crippen LogP contribution in [-0.4, -0.2) is 41.2 Å². The van der Waals surface area contributed by atoms with E-state index in [2.05, 4.69) is 32.1 Å². The monoisotopic (exact) mass is 353 g/mol. The van der Waals surface area contributed by atoms with Crippen LogP contribution in [0, 0.1) is 11.8 Å². The summed E-state index contributed by atoms with van der Waals surface area (Å²) in [4.78, 5) is 16.8. The number of nitrogens with one attached hydrogen (secondary N) is 3. The second-order valence-corrected chi connectivity index (χ2v) is 8.05. The zero-order valence-corrected chi connectivity index (χ0v) is 15.0. The van der Waals surface area contributed by atoms with E-state index < -0.39 is 0 Å². The highest BCUT2D eigenvalue weighted by Crippen LogP contribution is 2.45. The molecule has 0 spiro atoms. The molecule has 0 bridgehead atoms. The summed E-state index contributed by atoms with van der Waals surface area (Å²) in [6.45, 7) is 2.07. The van der Waals surface area contributed by atoms with Crippen LogP contribution in [0.5, 0.6) is 0 Å². The van der Waals surface area contributed by atoms with E-state index in [1.54, 1.807) is 0 Å². The van der Waals surface area contributed by atoms with E-state index >= 15 is 0 Å². The Bertz CT molecular complexity index is 699. The van der Waals surface area contributed by atoms with E-state index in [4.69, 9.17) is 0 Å². The summed E-state index contributed by atoms with van der Waals surface area (Å²) in [6, 6.07) is 4.64. The number of pyridine rings is 1. The number of amides is 1. The van der Waals surface area contributed by atoms with Crippen LogP contribution in [0.3, 0.4) is 0 Å². The second-order valence-electron chi connectivity index (χ2n) is 8.05. The van der Waals surface area contributed by atoms with Crippen molar-refractivity contribution in [2.75, 3.05) is 13.1 Å². The van der Waals surface area contributed by atoms with Crippen molar-refractivity contribution in [3.8, 4) is 0 Å². The van der Waals surface area contributed by atoms with Crippen LogP contribution in [0.2, 0.25) is 0 Å². The van der Waals surface area contributed by atoms with E-state index in [0.29, 0.717) is 23.8 Å². The SMILES string of the molecule is O=C1C=C(C2CCNCC2)N2NC3CCCC(c4cccnc4)C3C2N1. The van der Waals surface area contributed by atoms with Gasteiger partial charge in [0.2, 0.25) is 5.91 Å². The smallest absolute Gasteiger partial charge is 0.247 e. The molecule has 3 N–H and O–H groups in total. The molecule has 6 nitrogen and oxygen atoms in total. The Morgan fingerprint density at radius 3 is 2.85 bits per heavy atom. The lowest BCUT2D eigenvalue weighted by atomic mass is 9.72. The summed E-state index contributed by atoms with van der Waals surface area (Å²) >= 11 is 0. The van der Waals surface area contributed by atoms with Crippen LogP contribution in [0.25, 0.3) is 0 Å². The minimum atomic E-state index is 0.0490. The molecule has 4 aliphatic rings. The van der Waals surface area contributed by atoms with Crippen LogP contribution in [0.4, 0.5) is 0 Å². The molecule has 5 rings (SSSR count). The molecule has 138 valence electrons. The number of fused-ring (bicyclic) bond motifs is 3. The van der Waals surface area contributed by atoms with E-state index in [9.17, 15) is 4.79 Å². The van der Waals surface area contributed by atoms with Gasteiger partial charge in [0.25, 0.3) is 0 Å². The Balaban J connectivity index is 1.46. The Morgan fingerprint density at radius 1 is 1.15 bits per heavy atom. The molecule has 1 aliphatic carbocycles. The minimum absolute atomic E-state index is 0.0490. The molecule has 4 atom stereocenters. The van der Waals surface area contributed by atoms with Gasteiger partial charge in [-0.05, 0) is 56.3 Å². The first-order valence-corrected chi connectivity index (χ1v) is 9.99. The second kappa shape index (κ2) is 6.67. The molecular formula is C20H27N5O. The maximum absolute atomic E-state index is 12.5. The Labute approximate surface area is 154 Å². The van der Waals surface area contributed by atoms with Gasteiger partial charge < -0.3 is 10.6 Å². The van der Waals surface area contributed by atoms with Gasteiger partial charge in [0.05, 0.1) is 0 Å². The quantitative estimate of drug-likeness (QED) is 0.752. The van der Waals surface area contributed by atoms with E-state index in [1.807, 2.05) is 24.5 Å². The molecule has 1 saturated carbocycles. The number of carbonyl (C=O) groups excluding carboxylic acids is 1. The highest BCUT2D eigenvalue weighted by atomic mass is 16.2. The normalized spacial score (nSPS) is 34.7. The number of hydrogen-bond acceptors (Lipinski definition) is 5. The summed E-state index contributed by atoms with van der Waals surface area (Å²) < 4.78 is 0. The molecule has 0 aromatic carbocycles. The lowest BCUT2D eigenvalue weighted by Gasteiger charge is -2.40. The summed E-state index contributed by atoms with van der Waals surface area (Å²) in [6.07, 6.45) is 11.5. The molecule has 3 aliphatic heterocycles. The van der Waals surface area contributed by atoms with Crippen LogP contribution < -0.4 is 16.1 Å². The first-order chi connectivity index (χ1) is 12.8. The number of nitrogens with zero attached hydrogens (tertiary/aromatic N) is 2. The molecule has 2 saturated heterocycles. The molecular weight excluding hydrogens is 326 g/mol. The molecule has 26 heavy (non-hydrogen) atoms. The first-order valence-electron chi connectivity index (χ1n) is 9.99. The number of hydrogen-bond donors (Lipinski definition) is 3. The minimum Gasteiger partial charge on any atom is -0.331 e. The third-order valence-corrected chi connectivity index (χ3v) is 6.62. The Hall–Kier alpha value is -1.92. The molecule has 6 heteroatoms. The highest BCUT2D eigenvalue weighted by Gasteiger charge is 2.51. The van der Waals surface area contributed by atoms with Crippen molar-refractivity contribution in [3.63, 3.8) is 0 Å². The van der Waals surface area contributed by atoms with Gasteiger partial charge in [0, 0.05) is 42.0 Å². The van der Waals surface area contributed by atoms with Crippen LogP contribution in [0.15, 0.2) is 36.3 Å². The molecule has 1 amide bonds. The van der Waals surface area contributed by atoms with Crippen LogP contribution in [-0.2, 0) is 4.79 Å². The Kier molecular flexibility index (Phi) is 4.17. The van der Waals surface area contributed by atoms with Gasteiger partial charge in [0.1, 0.15) is 6.17 Å². The van der Waals surface area contributed by atoms with Crippen molar-refractivity contribution < 1.29 is 4.79 Å². The largest absolute Gasteiger partial charge is 0.331 e. The van der Waals surface area contributed by atoms with Crippen molar-refractivity contribution in [3.05, 3.63) is 41.9 Å². The number of rotatable bonds is 2. The summed E-state index contributed by atoms with van der Waals surface area (Å²) in [5, 5.41) is 8.99. The molecule has 3 fully saturated rings. The summed E-state index contributed by atoms with van der Waals surface area (Å²) in [7, 11) is 0. The number of allylic oxidation sites excluding steroid dienone is 1. The van der Waals surface area contributed by atoms with Crippen molar-refractivity contribution in [1.29, 1.82) is 0 Å². The first kappa shape index (κ1) is 16.3. The number of piperidine rings is 1. The number of carbonyl (C=O) groups is 1. The maximum Gasteiger partial charge on any atom is 0.247 e. The van der Waals surface area contributed by atoms with Crippen molar-refractivity contribution in [2.45, 2.75) is 50.2 Å². The van der Waals surface area contributed by atoms with Crippen LogP contribution in [0.1, 0.15) is 43.6 Å². The van der Waals surface area contributed by atoms with Crippen molar-refractivity contribution >= 4 is 5.91 Å². The van der Waals surface area contributed by atoms with Crippen molar-refractivity contribution in [2.24, 2.45) is 11.8 Å². The fourth-order valence-corrected chi connectivity index (χ4v) is 5.45. The summed E-state index contributed by atoms with van der Waals surface area (Å²) in [5.74, 6) is 1.37. The maximum atomic E-state index is 12.5. The zero-order chi connectivity index (χ0) is 17.5. The van der Waals surface area contributed by atoms with Crippen molar-refractivity contribution in [1.82, 2.24) is 26.1 Å². The third-order valence-electron chi connectivity index (χ3n) is 6.62. The lowest BCUT2D eigenvalue weighted by Crippen LogP contribution is -2.54. The van der Waals surface area contributed by atoms with E-state index in [1.165, 1.54) is 30.5 Å². The topological polar surface area (TPSA) is 69.3 Å². The molecule has 4 heterocycles. The fourth-order valence-electron chi connectivity index (χ4n) is 5.45.